The Morgan fingerprint density at radius 1 is 0.857 bits per heavy atom. The van der Waals surface area contributed by atoms with Gasteiger partial charge in [-0.1, -0.05) is 96.1 Å². The number of rotatable bonds is 23. The molecule has 10 nitrogen and oxygen atoms in total. The monoisotopic (exact) mass is 618 g/mol. The van der Waals surface area contributed by atoms with Gasteiger partial charge in [0.15, 0.2) is 5.25 Å². The minimum atomic E-state index is -4.89. The number of cyclic esters (lactones) is 2. The Kier molecular flexibility index (Phi) is 20.4. The fraction of sp³-hybridized carbons (Fsp3) is 0.839. The summed E-state index contributed by atoms with van der Waals surface area (Å²) in [5.41, 5.74) is -1.43. The third kappa shape index (κ3) is 17.9. The Hall–Kier alpha value is -1.98. The second-order valence-electron chi connectivity index (χ2n) is 11.5. The van der Waals surface area contributed by atoms with Crippen molar-refractivity contribution in [3.8, 4) is 0 Å². The van der Waals surface area contributed by atoms with Gasteiger partial charge in [-0.05, 0) is 32.1 Å². The lowest BCUT2D eigenvalue weighted by Crippen LogP contribution is -2.42. The van der Waals surface area contributed by atoms with Gasteiger partial charge in [0.1, 0.15) is 19.8 Å². The van der Waals surface area contributed by atoms with Crippen LogP contribution >= 0.6 is 0 Å². The zero-order chi connectivity index (χ0) is 31.1. The fourth-order valence-electron chi connectivity index (χ4n) is 4.69. The molecule has 1 fully saturated rings. The summed E-state index contributed by atoms with van der Waals surface area (Å²) in [5.74, 6) is -2.90. The highest BCUT2D eigenvalue weighted by Gasteiger charge is 2.42. The number of ether oxygens (including phenoxy) is 3. The Balaban J connectivity index is 2.11. The summed E-state index contributed by atoms with van der Waals surface area (Å²) in [5, 5.41) is 7.74. The molecule has 0 saturated carbocycles. The Labute approximate surface area is 252 Å². The van der Waals surface area contributed by atoms with E-state index >= 15 is 0 Å². The van der Waals surface area contributed by atoms with Gasteiger partial charge in [-0.3, -0.25) is 18.9 Å². The normalized spacial score (nSPS) is 20.0. The average Bonchev–Trinajstić information content (AvgIpc) is 3.02. The van der Waals surface area contributed by atoms with Crippen molar-refractivity contribution in [2.24, 2.45) is 5.41 Å². The summed E-state index contributed by atoms with van der Waals surface area (Å²) in [7, 11) is -4.89. The number of hydrogen-bond donors (Lipinski definition) is 2. The van der Waals surface area contributed by atoms with E-state index in [4.69, 9.17) is 14.2 Å². The maximum Gasteiger partial charge on any atom is 0.327 e. The van der Waals surface area contributed by atoms with Gasteiger partial charge in [0.25, 0.3) is 10.1 Å². The molecule has 0 spiro atoms. The number of unbranched alkanes of at least 4 members (excludes halogenated alkanes) is 15. The van der Waals surface area contributed by atoms with E-state index in [2.05, 4.69) is 19.1 Å². The van der Waals surface area contributed by atoms with Crippen molar-refractivity contribution in [2.45, 2.75) is 134 Å². The van der Waals surface area contributed by atoms with E-state index < -0.39 is 64.9 Å². The van der Waals surface area contributed by atoms with Crippen molar-refractivity contribution in [1.82, 2.24) is 0 Å². The molecule has 0 radical (unpaired) electrons. The van der Waals surface area contributed by atoms with Crippen molar-refractivity contribution in [2.75, 3.05) is 26.4 Å². The van der Waals surface area contributed by atoms with Gasteiger partial charge in [0.05, 0.1) is 18.4 Å². The van der Waals surface area contributed by atoms with Crippen LogP contribution in [-0.4, -0.2) is 67.7 Å². The van der Waals surface area contributed by atoms with Crippen molar-refractivity contribution in [3.05, 3.63) is 12.2 Å². The molecule has 0 amide bonds. The SMILES string of the molecule is CCCCCCCCCC/C=C\CCCCCCCCCC(=O)OCC1(CO)COC(=O)CC(S(=O)(=O)O)C(=O)OC1. The number of carbonyl (C=O) groups is 3. The molecule has 0 aromatic rings. The molecule has 0 aromatic carbocycles. The molecule has 1 aliphatic heterocycles. The predicted octanol–water partition coefficient (Wildman–Crippen LogP) is 5.85. The predicted molar refractivity (Wildman–Crippen MR) is 160 cm³/mol. The second kappa shape index (κ2) is 22.5. The maximum absolute atomic E-state index is 12.2. The first kappa shape index (κ1) is 38.0. The highest BCUT2D eigenvalue weighted by molar-refractivity contribution is 7.87. The summed E-state index contributed by atoms with van der Waals surface area (Å²) < 4.78 is 47.2. The first-order valence-electron chi connectivity index (χ1n) is 15.8. The molecule has 1 heterocycles. The van der Waals surface area contributed by atoms with E-state index in [1.54, 1.807) is 0 Å². The molecular weight excluding hydrogens is 564 g/mol. The van der Waals surface area contributed by atoms with E-state index in [1.807, 2.05) is 0 Å². The Morgan fingerprint density at radius 2 is 1.36 bits per heavy atom. The van der Waals surface area contributed by atoms with Crippen LogP contribution in [0.4, 0.5) is 0 Å². The molecule has 11 heteroatoms. The lowest BCUT2D eigenvalue weighted by atomic mass is 9.92. The molecule has 244 valence electrons. The maximum atomic E-state index is 12.2. The molecule has 0 aliphatic carbocycles. The molecule has 1 aliphatic rings. The Bertz CT molecular complexity index is 901. The van der Waals surface area contributed by atoms with Crippen LogP contribution in [0.2, 0.25) is 0 Å². The number of aliphatic hydroxyl groups is 1. The second-order valence-corrected chi connectivity index (χ2v) is 13.1. The third-order valence-corrected chi connectivity index (χ3v) is 8.63. The smallest absolute Gasteiger partial charge is 0.327 e. The van der Waals surface area contributed by atoms with Gasteiger partial charge < -0.3 is 19.3 Å². The summed E-state index contributed by atoms with van der Waals surface area (Å²) in [6.07, 6.45) is 24.4. The number of allylic oxidation sites excluding steroid dienone is 2. The van der Waals surface area contributed by atoms with Crippen LogP contribution < -0.4 is 0 Å². The molecule has 1 saturated heterocycles. The lowest BCUT2D eigenvalue weighted by molar-refractivity contribution is -0.161. The molecule has 0 aromatic heterocycles. The molecule has 42 heavy (non-hydrogen) atoms. The summed E-state index contributed by atoms with van der Waals surface area (Å²) in [6, 6.07) is 0. The van der Waals surface area contributed by atoms with Crippen LogP contribution in [0.5, 0.6) is 0 Å². The van der Waals surface area contributed by atoms with E-state index in [-0.39, 0.29) is 13.0 Å². The zero-order valence-corrected chi connectivity index (χ0v) is 26.4. The zero-order valence-electron chi connectivity index (χ0n) is 25.6. The van der Waals surface area contributed by atoms with Crippen molar-refractivity contribution in [1.29, 1.82) is 0 Å². The highest BCUT2D eigenvalue weighted by Crippen LogP contribution is 2.23. The van der Waals surface area contributed by atoms with Crippen LogP contribution in [0, 0.1) is 5.41 Å². The first-order chi connectivity index (χ1) is 20.1. The molecule has 2 atom stereocenters. The van der Waals surface area contributed by atoms with E-state index in [9.17, 15) is 32.5 Å². The standard InChI is InChI=1S/C31H54O10S/c1-2-3-4-5-6-7-8-9-10-11-12-13-14-15-16-17-18-19-20-21-28(33)39-24-31(23-32)25-40-29(34)22-27(42(36,37)38)30(35)41-26-31/h11-12,27,32H,2-10,13-26H2,1H3,(H,36,37,38)/b12-11-. The number of aliphatic hydroxyl groups excluding tert-OH is 1. The molecular formula is C31H54O10S. The number of hydrogen-bond acceptors (Lipinski definition) is 9. The minimum Gasteiger partial charge on any atom is -0.465 e. The Morgan fingerprint density at radius 3 is 1.88 bits per heavy atom. The lowest BCUT2D eigenvalue weighted by Gasteiger charge is -2.29. The molecule has 0 bridgehead atoms. The van der Waals surface area contributed by atoms with Crippen molar-refractivity contribution >= 4 is 28.0 Å². The topological polar surface area (TPSA) is 154 Å². The summed E-state index contributed by atoms with van der Waals surface area (Å²) >= 11 is 0. The van der Waals surface area contributed by atoms with Gasteiger partial charge in [-0.2, -0.15) is 8.42 Å². The van der Waals surface area contributed by atoms with Crippen LogP contribution in [0.3, 0.4) is 0 Å². The molecule has 2 N–H and O–H groups in total. The van der Waals surface area contributed by atoms with Gasteiger partial charge in [-0.25, -0.2) is 0 Å². The average molecular weight is 619 g/mol. The minimum absolute atomic E-state index is 0.190. The van der Waals surface area contributed by atoms with Crippen molar-refractivity contribution < 1.29 is 46.7 Å². The van der Waals surface area contributed by atoms with Gasteiger partial charge in [0.2, 0.25) is 0 Å². The van der Waals surface area contributed by atoms with Crippen LogP contribution in [0.1, 0.15) is 129 Å². The number of carbonyl (C=O) groups excluding carboxylic acids is 3. The van der Waals surface area contributed by atoms with E-state index in [1.165, 1.54) is 77.0 Å². The van der Waals surface area contributed by atoms with Crippen LogP contribution in [0.15, 0.2) is 12.2 Å². The quantitative estimate of drug-likeness (QED) is 0.0468. The molecule has 2 unspecified atom stereocenters. The number of esters is 3. The third-order valence-electron chi connectivity index (χ3n) is 7.55. The largest absolute Gasteiger partial charge is 0.465 e. The summed E-state index contributed by atoms with van der Waals surface area (Å²) in [4.78, 5) is 36.2. The van der Waals surface area contributed by atoms with Gasteiger partial charge in [-0.15, -0.1) is 0 Å². The first-order valence-corrected chi connectivity index (χ1v) is 17.3. The molecule has 1 rings (SSSR count). The van der Waals surface area contributed by atoms with Crippen molar-refractivity contribution in [3.63, 3.8) is 0 Å². The van der Waals surface area contributed by atoms with E-state index in [0.717, 1.165) is 25.7 Å². The summed E-state index contributed by atoms with van der Waals surface area (Å²) in [6.45, 7) is 0.223. The van der Waals surface area contributed by atoms with Crippen LogP contribution in [-0.2, 0) is 38.7 Å². The highest BCUT2D eigenvalue weighted by atomic mass is 32.2. The van der Waals surface area contributed by atoms with Gasteiger partial charge >= 0.3 is 17.9 Å². The van der Waals surface area contributed by atoms with E-state index in [0.29, 0.717) is 6.42 Å². The fourth-order valence-corrected chi connectivity index (χ4v) is 5.34. The van der Waals surface area contributed by atoms with Gasteiger partial charge in [0, 0.05) is 6.42 Å². The van der Waals surface area contributed by atoms with Crippen LogP contribution in [0.25, 0.3) is 0 Å².